The summed E-state index contributed by atoms with van der Waals surface area (Å²) in [6, 6.07) is 14.6. The molecule has 0 aromatic heterocycles. The van der Waals surface area contributed by atoms with Crippen molar-refractivity contribution in [3.8, 4) is 11.5 Å². The Bertz CT molecular complexity index is 876. The number of anilines is 1. The predicted octanol–water partition coefficient (Wildman–Crippen LogP) is 4.29. The number of hydrogen-bond acceptors (Lipinski definition) is 5. The minimum atomic E-state index is -0.129. The number of phenolic OH excluding ortho intramolecular Hbond substituents is 1. The maximum atomic E-state index is 13.0. The lowest BCUT2D eigenvalue weighted by Crippen LogP contribution is -2.29. The molecule has 1 aliphatic rings. The zero-order valence-corrected chi connectivity index (χ0v) is 15.7. The molecule has 1 heterocycles. The molecule has 1 N–H and O–H groups in total. The van der Waals surface area contributed by atoms with E-state index in [1.54, 1.807) is 29.2 Å². The Labute approximate surface area is 157 Å². The molecule has 1 fully saturated rings. The summed E-state index contributed by atoms with van der Waals surface area (Å²) in [6.07, 6.45) is 1.75. The van der Waals surface area contributed by atoms with Gasteiger partial charge in [0.25, 0.3) is 5.91 Å². The van der Waals surface area contributed by atoms with Crippen LogP contribution in [0.3, 0.4) is 0 Å². The third-order valence-corrected chi connectivity index (χ3v) is 4.67. The lowest BCUT2D eigenvalue weighted by Gasteiger charge is -2.16. The molecule has 6 heteroatoms. The van der Waals surface area contributed by atoms with Crippen LogP contribution in [0.1, 0.15) is 19.4 Å². The molecule has 3 rings (SSSR count). The van der Waals surface area contributed by atoms with E-state index in [4.69, 9.17) is 4.74 Å². The fourth-order valence-corrected chi connectivity index (χ4v) is 3.65. The first kappa shape index (κ1) is 18.1. The van der Waals surface area contributed by atoms with E-state index in [0.29, 0.717) is 15.8 Å². The summed E-state index contributed by atoms with van der Waals surface area (Å²) in [5, 5.41) is 10.6. The van der Waals surface area contributed by atoms with Gasteiger partial charge in [0.05, 0.1) is 17.7 Å². The van der Waals surface area contributed by atoms with E-state index >= 15 is 0 Å². The van der Waals surface area contributed by atoms with Crippen molar-refractivity contribution in [2.45, 2.75) is 19.9 Å². The van der Waals surface area contributed by atoms with Crippen LogP contribution < -0.4 is 9.64 Å². The van der Waals surface area contributed by atoms with Crippen molar-refractivity contribution >= 4 is 34.6 Å². The molecule has 5 nitrogen and oxygen atoms in total. The Morgan fingerprint density at radius 3 is 2.54 bits per heavy atom. The van der Waals surface area contributed by atoms with E-state index in [9.17, 15) is 9.90 Å². The number of para-hydroxylation sites is 1. The smallest absolute Gasteiger partial charge is 0.271 e. The number of aliphatic imine (C=N–C) groups is 1. The van der Waals surface area contributed by atoms with E-state index in [1.807, 2.05) is 44.2 Å². The van der Waals surface area contributed by atoms with Crippen molar-refractivity contribution in [1.82, 2.24) is 0 Å². The Hall–Kier alpha value is -2.73. The van der Waals surface area contributed by atoms with Crippen molar-refractivity contribution in [3.05, 3.63) is 59.0 Å². The van der Waals surface area contributed by atoms with Gasteiger partial charge in [0.1, 0.15) is 0 Å². The predicted molar refractivity (Wildman–Crippen MR) is 107 cm³/mol. The second-order valence-electron chi connectivity index (χ2n) is 6.02. The fraction of sp³-hybridized carbons (Fsp3) is 0.200. The van der Waals surface area contributed by atoms with E-state index < -0.39 is 0 Å². The largest absolute Gasteiger partial charge is 0.504 e. The third kappa shape index (κ3) is 3.75. The van der Waals surface area contributed by atoms with Crippen molar-refractivity contribution < 1.29 is 14.6 Å². The van der Waals surface area contributed by atoms with Crippen molar-refractivity contribution in [2.24, 2.45) is 4.99 Å². The molecular formula is C20H20N2O3S. The number of hydrogen-bond donors (Lipinski definition) is 1. The van der Waals surface area contributed by atoms with Crippen molar-refractivity contribution in [1.29, 1.82) is 0 Å². The average molecular weight is 368 g/mol. The van der Waals surface area contributed by atoms with Gasteiger partial charge in [-0.1, -0.05) is 24.3 Å². The van der Waals surface area contributed by atoms with Crippen LogP contribution in [0.4, 0.5) is 5.69 Å². The van der Waals surface area contributed by atoms with Gasteiger partial charge in [-0.25, -0.2) is 0 Å². The summed E-state index contributed by atoms with van der Waals surface area (Å²) in [5.74, 6) is 0.301. The summed E-state index contributed by atoms with van der Waals surface area (Å²) >= 11 is 1.34. The number of amidine groups is 1. The lowest BCUT2D eigenvalue weighted by molar-refractivity contribution is -0.113. The number of nitrogens with zero attached hydrogens (tertiary/aromatic N) is 2. The molecule has 2 aromatic carbocycles. The van der Waals surface area contributed by atoms with Crippen LogP contribution in [0.5, 0.6) is 11.5 Å². The molecule has 0 saturated carbocycles. The Balaban J connectivity index is 1.99. The minimum Gasteiger partial charge on any atom is -0.504 e. The lowest BCUT2D eigenvalue weighted by atomic mass is 10.2. The summed E-state index contributed by atoms with van der Waals surface area (Å²) in [5.41, 5.74) is 1.50. The molecule has 0 unspecified atom stereocenters. The molecular weight excluding hydrogens is 348 g/mol. The van der Waals surface area contributed by atoms with Crippen LogP contribution in [-0.4, -0.2) is 29.3 Å². The molecule has 1 aliphatic heterocycles. The van der Waals surface area contributed by atoms with Gasteiger partial charge in [-0.3, -0.25) is 14.7 Å². The van der Waals surface area contributed by atoms with Gasteiger partial charge in [-0.05, 0) is 61.5 Å². The first-order valence-corrected chi connectivity index (χ1v) is 9.05. The second kappa shape index (κ2) is 7.66. The van der Waals surface area contributed by atoms with Gasteiger partial charge in [0.2, 0.25) is 0 Å². The molecule has 134 valence electrons. The molecule has 0 atom stereocenters. The summed E-state index contributed by atoms with van der Waals surface area (Å²) in [4.78, 5) is 19.8. The van der Waals surface area contributed by atoms with Crippen LogP contribution in [0, 0.1) is 0 Å². The number of methoxy groups -OCH3 is 1. The van der Waals surface area contributed by atoms with E-state index in [1.165, 1.54) is 18.9 Å². The second-order valence-corrected chi connectivity index (χ2v) is 7.03. The first-order chi connectivity index (χ1) is 12.5. The zero-order valence-electron chi connectivity index (χ0n) is 14.8. The molecule has 0 radical (unpaired) electrons. The highest BCUT2D eigenvalue weighted by Gasteiger charge is 2.34. The minimum absolute atomic E-state index is 0.0354. The highest BCUT2D eigenvalue weighted by Crippen LogP contribution is 2.37. The quantitative estimate of drug-likeness (QED) is 0.818. The number of rotatable bonds is 4. The molecule has 0 bridgehead atoms. The Morgan fingerprint density at radius 2 is 1.92 bits per heavy atom. The molecule has 1 saturated heterocycles. The maximum absolute atomic E-state index is 13.0. The molecule has 1 amide bonds. The molecule has 0 spiro atoms. The summed E-state index contributed by atoms with van der Waals surface area (Å²) < 4.78 is 5.06. The Morgan fingerprint density at radius 1 is 1.19 bits per heavy atom. The highest BCUT2D eigenvalue weighted by molar-refractivity contribution is 8.19. The maximum Gasteiger partial charge on any atom is 0.271 e. The number of carbonyl (C=O) groups is 1. The number of thioether (sulfide) groups is 1. The summed E-state index contributed by atoms with van der Waals surface area (Å²) in [7, 11) is 1.50. The third-order valence-electron chi connectivity index (χ3n) is 3.69. The molecule has 26 heavy (non-hydrogen) atoms. The van der Waals surface area contributed by atoms with Crippen molar-refractivity contribution in [2.75, 3.05) is 12.0 Å². The van der Waals surface area contributed by atoms with Gasteiger partial charge in [-0.15, -0.1) is 0 Å². The number of carbonyl (C=O) groups excluding carboxylic acids is 1. The number of aromatic hydroxyl groups is 1. The van der Waals surface area contributed by atoms with E-state index in [-0.39, 0.29) is 17.7 Å². The number of amides is 1. The van der Waals surface area contributed by atoms with Gasteiger partial charge in [0, 0.05) is 6.04 Å². The summed E-state index contributed by atoms with van der Waals surface area (Å²) in [6.45, 7) is 3.95. The van der Waals surface area contributed by atoms with Crippen LogP contribution in [0.2, 0.25) is 0 Å². The van der Waals surface area contributed by atoms with Crippen LogP contribution in [0.15, 0.2) is 58.4 Å². The number of ether oxygens (including phenoxy) is 1. The zero-order chi connectivity index (χ0) is 18.7. The normalized spacial score (nSPS) is 17.5. The monoisotopic (exact) mass is 368 g/mol. The molecule has 0 aliphatic carbocycles. The van der Waals surface area contributed by atoms with Crippen LogP contribution in [-0.2, 0) is 4.79 Å². The van der Waals surface area contributed by atoms with Gasteiger partial charge >= 0.3 is 0 Å². The SMILES string of the molecule is COc1ccc(/C=C2\SC(=NC(C)C)N(c3ccccc3)C2=O)cc1O. The van der Waals surface area contributed by atoms with Crippen molar-refractivity contribution in [3.63, 3.8) is 0 Å². The standard InChI is InChI=1S/C20H20N2O3S/c1-13(2)21-20-22(15-7-5-4-6-8-15)19(24)18(26-20)12-14-9-10-17(25-3)16(23)11-14/h4-13,23H,1-3H3/b18-12-,21-20?. The van der Waals surface area contributed by atoms with Gasteiger partial charge in [-0.2, -0.15) is 0 Å². The molecule has 2 aromatic rings. The average Bonchev–Trinajstić information content (AvgIpc) is 2.90. The highest BCUT2D eigenvalue weighted by atomic mass is 32.2. The first-order valence-electron chi connectivity index (χ1n) is 8.23. The van der Waals surface area contributed by atoms with E-state index in [2.05, 4.69) is 4.99 Å². The number of benzene rings is 2. The Kier molecular flexibility index (Phi) is 5.32. The van der Waals surface area contributed by atoms with Gasteiger partial charge < -0.3 is 9.84 Å². The van der Waals surface area contributed by atoms with E-state index in [0.717, 1.165) is 11.3 Å². The topological polar surface area (TPSA) is 62.1 Å². The van der Waals surface area contributed by atoms with Crippen LogP contribution >= 0.6 is 11.8 Å². The van der Waals surface area contributed by atoms with Crippen LogP contribution in [0.25, 0.3) is 6.08 Å². The number of phenols is 1. The van der Waals surface area contributed by atoms with Gasteiger partial charge in [0.15, 0.2) is 16.7 Å². The fourth-order valence-electron chi connectivity index (χ4n) is 2.53.